The summed E-state index contributed by atoms with van der Waals surface area (Å²) >= 11 is 1.75. The van der Waals surface area contributed by atoms with Gasteiger partial charge in [-0.1, -0.05) is 11.6 Å². The quantitative estimate of drug-likeness (QED) is 0.498. The van der Waals surface area contributed by atoms with Gasteiger partial charge >= 0.3 is 0 Å². The lowest BCUT2D eigenvalue weighted by atomic mass is 9.97. The highest BCUT2D eigenvalue weighted by molar-refractivity contribution is 7.11. The van der Waals surface area contributed by atoms with Crippen LogP contribution < -0.4 is 10.6 Å². The van der Waals surface area contributed by atoms with Crippen LogP contribution in [-0.2, 0) is 6.54 Å². The van der Waals surface area contributed by atoms with Crippen molar-refractivity contribution in [3.63, 3.8) is 0 Å². The number of nitrogens with one attached hydrogen (secondary N) is 2. The van der Waals surface area contributed by atoms with Gasteiger partial charge in [-0.25, -0.2) is 4.98 Å². The van der Waals surface area contributed by atoms with E-state index in [0.29, 0.717) is 0 Å². The van der Waals surface area contributed by atoms with Crippen molar-refractivity contribution in [2.75, 3.05) is 13.6 Å². The topological polar surface area (TPSA) is 49.3 Å². The zero-order valence-corrected chi connectivity index (χ0v) is 14.1. The highest BCUT2D eigenvalue weighted by Crippen LogP contribution is 2.19. The molecule has 0 spiro atoms. The van der Waals surface area contributed by atoms with Crippen LogP contribution >= 0.6 is 11.3 Å². The minimum absolute atomic E-state index is 0.791. The first-order valence-corrected chi connectivity index (χ1v) is 8.56. The van der Waals surface area contributed by atoms with Gasteiger partial charge in [-0.2, -0.15) is 0 Å². The lowest BCUT2D eigenvalue weighted by molar-refractivity contribution is 0.665. The molecule has 0 unspecified atom stereocenters. The summed E-state index contributed by atoms with van der Waals surface area (Å²) in [5.74, 6) is 0.872. The number of rotatable bonds is 5. The molecule has 0 atom stereocenters. The molecule has 21 heavy (non-hydrogen) atoms. The molecule has 5 heteroatoms. The summed E-state index contributed by atoms with van der Waals surface area (Å²) in [7, 11) is 1.82. The first-order valence-electron chi connectivity index (χ1n) is 7.74. The summed E-state index contributed by atoms with van der Waals surface area (Å²) in [4.78, 5) is 10.0. The average Bonchev–Trinajstić information content (AvgIpc) is 2.81. The largest absolute Gasteiger partial charge is 0.356 e. The van der Waals surface area contributed by atoms with Gasteiger partial charge in [-0.15, -0.1) is 11.3 Å². The predicted molar refractivity (Wildman–Crippen MR) is 91.0 cm³/mol. The number of thiazole rings is 1. The van der Waals surface area contributed by atoms with E-state index in [4.69, 9.17) is 0 Å². The fourth-order valence-electron chi connectivity index (χ4n) is 2.60. The van der Waals surface area contributed by atoms with Crippen molar-refractivity contribution in [2.45, 2.75) is 52.5 Å². The number of hydrogen-bond acceptors (Lipinski definition) is 3. The van der Waals surface area contributed by atoms with Crippen LogP contribution in [-0.4, -0.2) is 24.5 Å². The van der Waals surface area contributed by atoms with Crippen molar-refractivity contribution >= 4 is 17.3 Å². The van der Waals surface area contributed by atoms with E-state index in [1.807, 2.05) is 14.0 Å². The molecule has 116 valence electrons. The molecule has 1 heterocycles. The van der Waals surface area contributed by atoms with Gasteiger partial charge in [0.2, 0.25) is 0 Å². The Morgan fingerprint density at radius 3 is 2.81 bits per heavy atom. The van der Waals surface area contributed by atoms with E-state index in [2.05, 4.69) is 33.6 Å². The molecule has 0 amide bonds. The highest BCUT2D eigenvalue weighted by Gasteiger charge is 2.06. The molecule has 2 rings (SSSR count). The van der Waals surface area contributed by atoms with E-state index < -0.39 is 0 Å². The van der Waals surface area contributed by atoms with Crippen LogP contribution in [0.1, 0.15) is 47.7 Å². The molecule has 0 bridgehead atoms. The maximum Gasteiger partial charge on any atom is 0.191 e. The third-order valence-corrected chi connectivity index (χ3v) is 4.84. The van der Waals surface area contributed by atoms with Gasteiger partial charge in [0, 0.05) is 18.5 Å². The Labute approximate surface area is 131 Å². The molecule has 1 aromatic heterocycles. The number of aromatic nitrogens is 1. The van der Waals surface area contributed by atoms with Gasteiger partial charge < -0.3 is 10.6 Å². The number of allylic oxidation sites excluding steroid dienone is 1. The zero-order chi connectivity index (χ0) is 15.1. The van der Waals surface area contributed by atoms with Gasteiger partial charge in [-0.05, 0) is 46.0 Å². The van der Waals surface area contributed by atoms with Gasteiger partial charge in [0.1, 0.15) is 0 Å². The minimum atomic E-state index is 0.791. The summed E-state index contributed by atoms with van der Waals surface area (Å²) in [6.45, 7) is 5.85. The predicted octanol–water partition coefficient (Wildman–Crippen LogP) is 3.32. The molecular formula is C16H26N4S. The number of hydrogen-bond donors (Lipinski definition) is 2. The van der Waals surface area contributed by atoms with Crippen molar-refractivity contribution in [3.05, 3.63) is 27.2 Å². The lowest BCUT2D eigenvalue weighted by Gasteiger charge is -2.15. The molecule has 0 aromatic carbocycles. The highest BCUT2D eigenvalue weighted by atomic mass is 32.1. The number of guanidine groups is 1. The second kappa shape index (κ2) is 8.17. The third kappa shape index (κ3) is 5.16. The van der Waals surface area contributed by atoms with E-state index in [9.17, 15) is 0 Å². The van der Waals surface area contributed by atoms with E-state index in [1.165, 1.54) is 30.6 Å². The van der Waals surface area contributed by atoms with Crippen molar-refractivity contribution < 1.29 is 0 Å². The number of nitrogens with zero attached hydrogens (tertiary/aromatic N) is 2. The van der Waals surface area contributed by atoms with Crippen molar-refractivity contribution in [3.8, 4) is 0 Å². The second-order valence-electron chi connectivity index (χ2n) is 5.45. The molecule has 0 saturated heterocycles. The lowest BCUT2D eigenvalue weighted by Crippen LogP contribution is -2.37. The smallest absolute Gasteiger partial charge is 0.191 e. The van der Waals surface area contributed by atoms with Crippen molar-refractivity contribution in [2.24, 2.45) is 4.99 Å². The zero-order valence-electron chi connectivity index (χ0n) is 13.3. The molecule has 2 N–H and O–H groups in total. The number of aliphatic imine (C=N–C) groups is 1. The third-order valence-electron chi connectivity index (χ3n) is 3.76. The Morgan fingerprint density at radius 1 is 1.33 bits per heavy atom. The molecule has 4 nitrogen and oxygen atoms in total. The Kier molecular flexibility index (Phi) is 6.23. The Bertz CT molecular complexity index is 516. The summed E-state index contributed by atoms with van der Waals surface area (Å²) in [6, 6.07) is 0. The minimum Gasteiger partial charge on any atom is -0.356 e. The van der Waals surface area contributed by atoms with Gasteiger partial charge in [-0.3, -0.25) is 4.99 Å². The van der Waals surface area contributed by atoms with Crippen molar-refractivity contribution in [1.29, 1.82) is 0 Å². The Hall–Kier alpha value is -1.36. The van der Waals surface area contributed by atoms with Gasteiger partial charge in [0.05, 0.1) is 17.2 Å². The van der Waals surface area contributed by atoms with Crippen LogP contribution in [0.5, 0.6) is 0 Å². The van der Waals surface area contributed by atoms with E-state index in [0.717, 1.165) is 36.2 Å². The first-order chi connectivity index (χ1) is 10.2. The maximum absolute atomic E-state index is 4.45. The standard InChI is InChI=1S/C16H26N4S/c1-12-15(21-13(2)20-12)11-19-16(17-3)18-10-9-14-7-5-4-6-8-14/h7H,4-6,8-11H2,1-3H3,(H2,17,18,19). The molecule has 0 fully saturated rings. The summed E-state index contributed by atoms with van der Waals surface area (Å²) < 4.78 is 0. The van der Waals surface area contributed by atoms with Crippen LogP contribution in [0.25, 0.3) is 0 Å². The van der Waals surface area contributed by atoms with Gasteiger partial charge in [0.25, 0.3) is 0 Å². The molecular weight excluding hydrogens is 280 g/mol. The summed E-state index contributed by atoms with van der Waals surface area (Å²) in [5, 5.41) is 7.88. The van der Waals surface area contributed by atoms with Crippen LogP contribution in [0.2, 0.25) is 0 Å². The molecule has 0 aliphatic heterocycles. The van der Waals surface area contributed by atoms with Crippen LogP contribution in [0.4, 0.5) is 0 Å². The molecule has 1 aromatic rings. The summed E-state index contributed by atoms with van der Waals surface area (Å²) in [6.07, 6.45) is 8.76. The second-order valence-corrected chi connectivity index (χ2v) is 6.74. The SMILES string of the molecule is CN=C(NCCC1=CCCCC1)NCc1sc(C)nc1C. The summed E-state index contributed by atoms with van der Waals surface area (Å²) in [5.41, 5.74) is 2.71. The van der Waals surface area contributed by atoms with E-state index >= 15 is 0 Å². The molecule has 1 aliphatic carbocycles. The molecule has 0 saturated carbocycles. The molecule has 1 aliphatic rings. The molecule has 0 radical (unpaired) electrons. The number of aryl methyl sites for hydroxylation is 2. The fraction of sp³-hybridized carbons (Fsp3) is 0.625. The Morgan fingerprint density at radius 2 is 2.19 bits per heavy atom. The van der Waals surface area contributed by atoms with E-state index in [-0.39, 0.29) is 0 Å². The monoisotopic (exact) mass is 306 g/mol. The van der Waals surface area contributed by atoms with Crippen LogP contribution in [0, 0.1) is 13.8 Å². The average molecular weight is 306 g/mol. The van der Waals surface area contributed by atoms with E-state index in [1.54, 1.807) is 16.9 Å². The Balaban J connectivity index is 1.73. The van der Waals surface area contributed by atoms with Gasteiger partial charge in [0.15, 0.2) is 5.96 Å². The normalized spacial score (nSPS) is 15.8. The maximum atomic E-state index is 4.45. The first kappa shape index (κ1) is 16.0. The van der Waals surface area contributed by atoms with Crippen molar-refractivity contribution in [1.82, 2.24) is 15.6 Å². The van der Waals surface area contributed by atoms with Crippen LogP contribution in [0.15, 0.2) is 16.6 Å². The van der Waals surface area contributed by atoms with Crippen LogP contribution in [0.3, 0.4) is 0 Å². The fourth-order valence-corrected chi connectivity index (χ4v) is 3.47.